The standard InChI is InChI=1S/C22H20O2/c1-23-20-12-8-18(9-13-20)22(16-17-6-4-3-5-7-17)19-10-14-21(24-2)15-11-19/h3-16H,1-2H3. The van der Waals surface area contributed by atoms with Gasteiger partial charge < -0.3 is 9.47 Å². The molecule has 0 aliphatic carbocycles. The van der Waals surface area contributed by atoms with Gasteiger partial charge in [-0.05, 0) is 52.6 Å². The Hall–Kier alpha value is -3.00. The number of ether oxygens (including phenoxy) is 2. The Balaban J connectivity index is 2.07. The summed E-state index contributed by atoms with van der Waals surface area (Å²) in [7, 11) is 3.36. The molecule has 2 heteroatoms. The molecule has 2 nitrogen and oxygen atoms in total. The van der Waals surface area contributed by atoms with E-state index in [0.717, 1.165) is 28.2 Å². The number of rotatable bonds is 5. The van der Waals surface area contributed by atoms with Crippen molar-refractivity contribution in [2.24, 2.45) is 0 Å². The van der Waals surface area contributed by atoms with Gasteiger partial charge in [0.1, 0.15) is 11.5 Å². The van der Waals surface area contributed by atoms with Crippen LogP contribution < -0.4 is 9.47 Å². The third kappa shape index (κ3) is 3.66. The van der Waals surface area contributed by atoms with Crippen LogP contribution in [0.2, 0.25) is 0 Å². The van der Waals surface area contributed by atoms with Gasteiger partial charge in [0.2, 0.25) is 0 Å². The molecule has 0 spiro atoms. The highest BCUT2D eigenvalue weighted by Crippen LogP contribution is 2.28. The lowest BCUT2D eigenvalue weighted by molar-refractivity contribution is 0.414. The molecule has 0 atom stereocenters. The maximum Gasteiger partial charge on any atom is 0.118 e. The largest absolute Gasteiger partial charge is 0.497 e. The molecular weight excluding hydrogens is 296 g/mol. The zero-order chi connectivity index (χ0) is 16.8. The predicted molar refractivity (Wildman–Crippen MR) is 99.4 cm³/mol. The minimum atomic E-state index is 0.854. The smallest absolute Gasteiger partial charge is 0.118 e. The number of hydrogen-bond donors (Lipinski definition) is 0. The molecule has 120 valence electrons. The van der Waals surface area contributed by atoms with Crippen molar-refractivity contribution in [3.63, 3.8) is 0 Å². The third-order valence-corrected chi connectivity index (χ3v) is 3.91. The molecule has 0 aliphatic rings. The monoisotopic (exact) mass is 316 g/mol. The molecule has 0 amide bonds. The molecule has 3 aromatic carbocycles. The Morgan fingerprint density at radius 1 is 0.625 bits per heavy atom. The number of hydrogen-bond acceptors (Lipinski definition) is 2. The predicted octanol–water partition coefficient (Wildman–Crippen LogP) is 5.29. The first-order valence-corrected chi connectivity index (χ1v) is 7.86. The van der Waals surface area contributed by atoms with Crippen molar-refractivity contribution in [1.82, 2.24) is 0 Å². The van der Waals surface area contributed by atoms with Crippen molar-refractivity contribution in [2.45, 2.75) is 0 Å². The van der Waals surface area contributed by atoms with Gasteiger partial charge in [0.15, 0.2) is 0 Å². The highest BCUT2D eigenvalue weighted by Gasteiger charge is 2.06. The van der Waals surface area contributed by atoms with Crippen LogP contribution in [0.15, 0.2) is 78.9 Å². The van der Waals surface area contributed by atoms with E-state index < -0.39 is 0 Å². The fraction of sp³-hybridized carbons (Fsp3) is 0.0909. The van der Waals surface area contributed by atoms with Gasteiger partial charge in [-0.3, -0.25) is 0 Å². The Bertz CT molecular complexity index is 751. The van der Waals surface area contributed by atoms with E-state index in [-0.39, 0.29) is 0 Å². The van der Waals surface area contributed by atoms with Crippen LogP contribution in [0.3, 0.4) is 0 Å². The van der Waals surface area contributed by atoms with Gasteiger partial charge >= 0.3 is 0 Å². The van der Waals surface area contributed by atoms with E-state index in [1.807, 2.05) is 42.5 Å². The van der Waals surface area contributed by atoms with Crippen LogP contribution in [0.25, 0.3) is 11.6 Å². The molecule has 0 radical (unpaired) electrons. The summed E-state index contributed by atoms with van der Waals surface area (Å²) in [6.45, 7) is 0. The average molecular weight is 316 g/mol. The van der Waals surface area contributed by atoms with E-state index in [4.69, 9.17) is 9.47 Å². The van der Waals surface area contributed by atoms with E-state index >= 15 is 0 Å². The van der Waals surface area contributed by atoms with Crippen molar-refractivity contribution >= 4 is 11.6 Å². The first-order chi connectivity index (χ1) is 11.8. The van der Waals surface area contributed by atoms with Gasteiger partial charge in [0, 0.05) is 0 Å². The zero-order valence-corrected chi connectivity index (χ0v) is 13.9. The molecule has 0 saturated carbocycles. The first kappa shape index (κ1) is 15.9. The van der Waals surface area contributed by atoms with E-state index in [2.05, 4.69) is 42.5 Å². The van der Waals surface area contributed by atoms with E-state index in [0.29, 0.717) is 0 Å². The molecule has 0 N–H and O–H groups in total. The Morgan fingerprint density at radius 3 is 1.50 bits per heavy atom. The SMILES string of the molecule is COc1ccc(C(=Cc2ccccc2)c2ccc(OC)cc2)cc1. The van der Waals surface area contributed by atoms with Crippen LogP contribution in [0.5, 0.6) is 11.5 Å². The second kappa shape index (κ2) is 7.51. The highest BCUT2D eigenvalue weighted by molar-refractivity contribution is 5.91. The second-order valence-corrected chi connectivity index (χ2v) is 5.43. The quantitative estimate of drug-likeness (QED) is 0.595. The van der Waals surface area contributed by atoms with Crippen molar-refractivity contribution in [1.29, 1.82) is 0 Å². The molecule has 0 heterocycles. The molecule has 3 rings (SSSR count). The maximum absolute atomic E-state index is 5.27. The van der Waals surface area contributed by atoms with Gasteiger partial charge in [-0.2, -0.15) is 0 Å². The Labute approximate surface area is 143 Å². The van der Waals surface area contributed by atoms with Gasteiger partial charge in [0.05, 0.1) is 14.2 Å². The van der Waals surface area contributed by atoms with Crippen molar-refractivity contribution in [3.8, 4) is 11.5 Å². The number of methoxy groups -OCH3 is 2. The van der Waals surface area contributed by atoms with Gasteiger partial charge in [-0.25, -0.2) is 0 Å². The number of benzene rings is 3. The summed E-state index contributed by atoms with van der Waals surface area (Å²) in [4.78, 5) is 0. The third-order valence-electron chi connectivity index (χ3n) is 3.91. The normalized spacial score (nSPS) is 10.1. The minimum Gasteiger partial charge on any atom is -0.497 e. The maximum atomic E-state index is 5.27. The molecule has 0 bridgehead atoms. The summed E-state index contributed by atoms with van der Waals surface area (Å²) < 4.78 is 10.5. The summed E-state index contributed by atoms with van der Waals surface area (Å²) in [6, 6.07) is 26.6. The molecule has 3 aromatic rings. The fourth-order valence-electron chi connectivity index (χ4n) is 2.59. The molecular formula is C22H20O2. The fourth-order valence-corrected chi connectivity index (χ4v) is 2.59. The lowest BCUT2D eigenvalue weighted by atomic mass is 9.95. The Kier molecular flexibility index (Phi) is 4.97. The molecule has 0 unspecified atom stereocenters. The average Bonchev–Trinajstić information content (AvgIpc) is 2.67. The van der Waals surface area contributed by atoms with E-state index in [1.165, 1.54) is 5.56 Å². The topological polar surface area (TPSA) is 18.5 Å². The van der Waals surface area contributed by atoms with Crippen LogP contribution in [0.4, 0.5) is 0 Å². The van der Waals surface area contributed by atoms with Crippen LogP contribution in [-0.4, -0.2) is 14.2 Å². The van der Waals surface area contributed by atoms with Crippen LogP contribution in [0, 0.1) is 0 Å². The van der Waals surface area contributed by atoms with Crippen LogP contribution >= 0.6 is 0 Å². The van der Waals surface area contributed by atoms with Crippen molar-refractivity contribution < 1.29 is 9.47 Å². The highest BCUT2D eigenvalue weighted by atomic mass is 16.5. The molecule has 0 aromatic heterocycles. The summed E-state index contributed by atoms with van der Waals surface area (Å²) in [5.41, 5.74) is 4.61. The second-order valence-electron chi connectivity index (χ2n) is 5.43. The van der Waals surface area contributed by atoms with E-state index in [1.54, 1.807) is 14.2 Å². The zero-order valence-electron chi connectivity index (χ0n) is 13.9. The molecule has 0 fully saturated rings. The van der Waals surface area contributed by atoms with Crippen molar-refractivity contribution in [2.75, 3.05) is 14.2 Å². The Morgan fingerprint density at radius 2 is 1.08 bits per heavy atom. The molecule has 0 aliphatic heterocycles. The minimum absolute atomic E-state index is 0.854. The van der Waals surface area contributed by atoms with Crippen LogP contribution in [0.1, 0.15) is 16.7 Å². The lowest BCUT2D eigenvalue weighted by Crippen LogP contribution is -1.90. The van der Waals surface area contributed by atoms with Gasteiger partial charge in [0.25, 0.3) is 0 Å². The lowest BCUT2D eigenvalue weighted by Gasteiger charge is -2.11. The first-order valence-electron chi connectivity index (χ1n) is 7.86. The van der Waals surface area contributed by atoms with Gasteiger partial charge in [-0.15, -0.1) is 0 Å². The van der Waals surface area contributed by atoms with Crippen LogP contribution in [-0.2, 0) is 0 Å². The van der Waals surface area contributed by atoms with Gasteiger partial charge in [-0.1, -0.05) is 54.6 Å². The summed E-state index contributed by atoms with van der Waals surface area (Å²) >= 11 is 0. The summed E-state index contributed by atoms with van der Waals surface area (Å²) in [5, 5.41) is 0. The molecule has 24 heavy (non-hydrogen) atoms. The van der Waals surface area contributed by atoms with E-state index in [9.17, 15) is 0 Å². The summed E-state index contributed by atoms with van der Waals surface area (Å²) in [5.74, 6) is 1.71. The van der Waals surface area contributed by atoms with Crippen molar-refractivity contribution in [3.05, 3.63) is 95.6 Å². The molecule has 0 saturated heterocycles. The summed E-state index contributed by atoms with van der Waals surface area (Å²) in [6.07, 6.45) is 2.20.